The maximum Gasteiger partial charge on any atom is 0.508 e. The van der Waals surface area contributed by atoms with E-state index in [9.17, 15) is 21.6 Å². The molecular weight excluding hydrogens is 576 g/mol. The molecule has 0 aromatic carbocycles. The van der Waals surface area contributed by atoms with Gasteiger partial charge in [-0.1, -0.05) is 53.4 Å². The number of hydrogen-bond donors (Lipinski definition) is 2. The molecule has 0 aliphatic carbocycles. The summed E-state index contributed by atoms with van der Waals surface area (Å²) in [6, 6.07) is 0. The van der Waals surface area contributed by atoms with Crippen LogP contribution in [-0.2, 0) is 29.7 Å². The fourth-order valence-corrected chi connectivity index (χ4v) is 3.43. The van der Waals surface area contributed by atoms with E-state index in [1.807, 2.05) is 0 Å². The van der Waals surface area contributed by atoms with E-state index < -0.39 is 26.4 Å². The quantitative estimate of drug-likeness (QED) is 0.0953. The van der Waals surface area contributed by atoms with Gasteiger partial charge in [-0.25, -0.2) is 4.79 Å². The molecule has 0 saturated carbocycles. The molecule has 12 nitrogen and oxygen atoms in total. The van der Waals surface area contributed by atoms with E-state index in [2.05, 4.69) is 37.5 Å². The van der Waals surface area contributed by atoms with Crippen molar-refractivity contribution in [1.82, 2.24) is 9.80 Å². The Morgan fingerprint density at radius 2 is 0.756 bits per heavy atom. The molecule has 41 heavy (non-hydrogen) atoms. The second kappa shape index (κ2) is 31.9. The summed E-state index contributed by atoms with van der Waals surface area (Å²) >= 11 is 0. The number of rotatable bonds is 22. The van der Waals surface area contributed by atoms with Gasteiger partial charge in [-0.2, -0.15) is 16.8 Å². The molecule has 0 aliphatic rings. The first-order valence-corrected chi connectivity index (χ1v) is 18.5. The lowest BCUT2D eigenvalue weighted by molar-refractivity contribution is 0.0519. The minimum absolute atomic E-state index is 0. The molecule has 0 heterocycles. The van der Waals surface area contributed by atoms with Crippen LogP contribution in [-0.4, -0.2) is 112 Å². The predicted octanol–water partition coefficient (Wildman–Crippen LogP) is 4.69. The summed E-state index contributed by atoms with van der Waals surface area (Å²) in [6.45, 7) is 16.9. The molecule has 0 saturated heterocycles. The van der Waals surface area contributed by atoms with Crippen molar-refractivity contribution in [3.63, 3.8) is 0 Å². The zero-order valence-electron chi connectivity index (χ0n) is 26.6. The van der Waals surface area contributed by atoms with Gasteiger partial charge < -0.3 is 24.7 Å². The predicted molar refractivity (Wildman–Crippen MR) is 167 cm³/mol. The van der Waals surface area contributed by atoms with E-state index in [0.29, 0.717) is 25.7 Å². The molecule has 0 atom stereocenters. The first-order chi connectivity index (χ1) is 18.7. The SMILES string of the molecule is CCCCN(CCCC)CCCCOC(=O)OCCCCN(CCCC)CCCC.CS(=O)(=O)O.CS(=O)(=O)O.O. The number of ether oxygens (including phenoxy) is 2. The number of carbonyl (C=O) groups excluding carboxylic acids is 1. The molecular formula is C27H62N2O10S2. The number of nitrogens with zero attached hydrogens (tertiary/aromatic N) is 2. The molecule has 0 unspecified atom stereocenters. The second-order valence-electron chi connectivity index (χ2n) is 9.92. The van der Waals surface area contributed by atoms with Crippen LogP contribution in [0.4, 0.5) is 4.79 Å². The molecule has 0 radical (unpaired) electrons. The number of unbranched alkanes of at least 4 members (excludes halogenated alkanes) is 6. The normalized spacial score (nSPS) is 11.2. The van der Waals surface area contributed by atoms with Crippen LogP contribution in [0.3, 0.4) is 0 Å². The molecule has 0 aromatic heterocycles. The molecule has 0 bridgehead atoms. The molecule has 252 valence electrons. The Balaban J connectivity index is -0.000000529. The Labute approximate surface area is 251 Å². The lowest BCUT2D eigenvalue weighted by Gasteiger charge is -2.22. The lowest BCUT2D eigenvalue weighted by atomic mass is 10.2. The maximum absolute atomic E-state index is 11.7. The van der Waals surface area contributed by atoms with Crippen molar-refractivity contribution in [2.45, 2.75) is 105 Å². The molecule has 0 rings (SSSR count). The van der Waals surface area contributed by atoms with Crippen molar-refractivity contribution in [2.75, 3.05) is 65.0 Å². The zero-order valence-corrected chi connectivity index (χ0v) is 28.2. The zero-order chi connectivity index (χ0) is 31.3. The molecule has 0 spiro atoms. The Morgan fingerprint density at radius 3 is 0.976 bits per heavy atom. The van der Waals surface area contributed by atoms with Crippen LogP contribution in [0.5, 0.6) is 0 Å². The summed E-state index contributed by atoms with van der Waals surface area (Å²) in [5.74, 6) is 0. The van der Waals surface area contributed by atoms with Crippen LogP contribution in [0.2, 0.25) is 0 Å². The molecule has 0 aliphatic heterocycles. The van der Waals surface area contributed by atoms with E-state index in [4.69, 9.17) is 18.6 Å². The second-order valence-corrected chi connectivity index (χ2v) is 12.9. The molecule has 14 heteroatoms. The highest BCUT2D eigenvalue weighted by Gasteiger charge is 2.07. The van der Waals surface area contributed by atoms with Gasteiger partial charge in [0.25, 0.3) is 20.2 Å². The van der Waals surface area contributed by atoms with Crippen molar-refractivity contribution in [1.29, 1.82) is 0 Å². The van der Waals surface area contributed by atoms with Gasteiger partial charge in [-0.15, -0.1) is 0 Å². The number of carbonyl (C=O) groups is 1. The van der Waals surface area contributed by atoms with Crippen LogP contribution in [0.25, 0.3) is 0 Å². The fraction of sp³-hybridized carbons (Fsp3) is 0.963. The smallest absolute Gasteiger partial charge is 0.434 e. The minimum Gasteiger partial charge on any atom is -0.434 e. The molecule has 0 amide bonds. The Kier molecular flexibility index (Phi) is 36.5. The van der Waals surface area contributed by atoms with Crippen molar-refractivity contribution >= 4 is 26.4 Å². The third-order valence-corrected chi connectivity index (χ3v) is 5.49. The van der Waals surface area contributed by atoms with E-state index in [0.717, 1.165) is 38.8 Å². The van der Waals surface area contributed by atoms with Gasteiger partial charge in [-0.3, -0.25) is 9.11 Å². The average molecular weight is 639 g/mol. The van der Waals surface area contributed by atoms with Gasteiger partial charge in [0, 0.05) is 0 Å². The van der Waals surface area contributed by atoms with Crippen molar-refractivity contribution in [2.24, 2.45) is 0 Å². The summed E-state index contributed by atoms with van der Waals surface area (Å²) in [4.78, 5) is 16.8. The monoisotopic (exact) mass is 638 g/mol. The topological polar surface area (TPSA) is 182 Å². The van der Waals surface area contributed by atoms with Gasteiger partial charge in [0.2, 0.25) is 0 Å². The van der Waals surface area contributed by atoms with Crippen molar-refractivity contribution in [3.05, 3.63) is 0 Å². The first-order valence-electron chi connectivity index (χ1n) is 14.8. The Hall–Kier alpha value is -1.03. The minimum atomic E-state index is -3.67. The van der Waals surface area contributed by atoms with Gasteiger partial charge >= 0.3 is 6.16 Å². The largest absolute Gasteiger partial charge is 0.508 e. The lowest BCUT2D eigenvalue weighted by Crippen LogP contribution is -2.27. The van der Waals surface area contributed by atoms with Gasteiger partial charge in [0.1, 0.15) is 0 Å². The van der Waals surface area contributed by atoms with Crippen LogP contribution < -0.4 is 0 Å². The van der Waals surface area contributed by atoms with Gasteiger partial charge in [0.15, 0.2) is 0 Å². The van der Waals surface area contributed by atoms with Gasteiger partial charge in [0.05, 0.1) is 25.7 Å². The van der Waals surface area contributed by atoms with E-state index in [1.54, 1.807) is 0 Å². The highest BCUT2D eigenvalue weighted by atomic mass is 32.2. The van der Waals surface area contributed by atoms with Crippen LogP contribution >= 0.6 is 0 Å². The van der Waals surface area contributed by atoms with Crippen molar-refractivity contribution in [3.8, 4) is 0 Å². The maximum atomic E-state index is 11.7. The van der Waals surface area contributed by atoms with E-state index >= 15 is 0 Å². The van der Waals surface area contributed by atoms with Crippen molar-refractivity contribution < 1.29 is 45.7 Å². The Bertz CT molecular complexity index is 672. The third kappa shape index (κ3) is 55.5. The molecule has 4 N–H and O–H groups in total. The summed E-state index contributed by atoms with van der Waals surface area (Å²) in [5, 5.41) is 0. The van der Waals surface area contributed by atoms with Gasteiger partial charge in [-0.05, 0) is 90.6 Å². The highest BCUT2D eigenvalue weighted by Crippen LogP contribution is 2.04. The highest BCUT2D eigenvalue weighted by molar-refractivity contribution is 7.85. The standard InChI is InChI=1S/C25H52N2O3.2CH4O3S.H2O/c1-5-9-17-26(18-10-6-2)21-13-15-23-29-25(28)30-24-16-14-22-27(19-11-7-3)20-12-8-4;2*1-5(2,3)4;/h5-24H2,1-4H3;2*1H3,(H,2,3,4);1H2. The Morgan fingerprint density at radius 1 is 0.537 bits per heavy atom. The third-order valence-electron chi connectivity index (χ3n) is 5.49. The summed E-state index contributed by atoms with van der Waals surface area (Å²) in [5.41, 5.74) is 0. The van der Waals surface area contributed by atoms with E-state index in [-0.39, 0.29) is 5.48 Å². The summed E-state index contributed by atoms with van der Waals surface area (Å²) < 4.78 is 62.2. The fourth-order valence-electron chi connectivity index (χ4n) is 3.43. The first kappa shape index (κ1) is 46.9. The van der Waals surface area contributed by atoms with Crippen LogP contribution in [0, 0.1) is 0 Å². The summed E-state index contributed by atoms with van der Waals surface area (Å²) in [6.07, 6.45) is 14.9. The molecule has 0 aromatic rings. The van der Waals surface area contributed by atoms with Crippen LogP contribution in [0.15, 0.2) is 0 Å². The molecule has 0 fully saturated rings. The summed E-state index contributed by atoms with van der Waals surface area (Å²) in [7, 11) is -7.33. The number of hydrogen-bond acceptors (Lipinski definition) is 9. The van der Waals surface area contributed by atoms with Crippen LogP contribution in [0.1, 0.15) is 105 Å². The van der Waals surface area contributed by atoms with E-state index in [1.165, 1.54) is 77.5 Å². The average Bonchev–Trinajstić information content (AvgIpc) is 2.83.